The van der Waals surface area contributed by atoms with Crippen LogP contribution in [0.5, 0.6) is 0 Å². The minimum Gasteiger partial charge on any atom is -0.306 e. The van der Waals surface area contributed by atoms with E-state index in [-0.39, 0.29) is 18.1 Å². The van der Waals surface area contributed by atoms with Crippen molar-refractivity contribution in [3.05, 3.63) is 42.6 Å². The molecule has 0 N–H and O–H groups in total. The molecule has 0 atom stereocenters. The third-order valence-electron chi connectivity index (χ3n) is 5.52. The van der Waals surface area contributed by atoms with E-state index in [1.807, 2.05) is 31.4 Å². The number of carbonyl (C=O) groups is 1. The lowest BCUT2D eigenvalue weighted by Crippen LogP contribution is -2.34. The fourth-order valence-corrected chi connectivity index (χ4v) is 3.85. The molecule has 2 heterocycles. The fraction of sp³-hybridized carbons (Fsp3) is 0.455. The van der Waals surface area contributed by atoms with E-state index < -0.39 is 20.0 Å². The molecule has 0 bridgehead atoms. The van der Waals surface area contributed by atoms with Crippen molar-refractivity contribution in [1.29, 1.82) is 0 Å². The van der Waals surface area contributed by atoms with E-state index in [4.69, 9.17) is 8.22 Å². The van der Waals surface area contributed by atoms with Crippen molar-refractivity contribution in [1.82, 2.24) is 24.6 Å². The van der Waals surface area contributed by atoms with Crippen molar-refractivity contribution in [2.45, 2.75) is 38.1 Å². The normalized spacial score (nSPS) is 24.1. The van der Waals surface area contributed by atoms with Crippen LogP contribution in [0.4, 0.5) is 0 Å². The SMILES string of the molecule is [2H]C([2H])([2H])N(C1CCC(C(=O)Cc2ncc3ccc(-c4cnn(C)c4)cc3n2)CC1)C([2H])([2H])[2H]. The molecule has 6 heteroatoms. The first-order valence-electron chi connectivity index (χ1n) is 12.5. The predicted molar refractivity (Wildman–Crippen MR) is 110 cm³/mol. The van der Waals surface area contributed by atoms with Crippen LogP contribution in [0.3, 0.4) is 0 Å². The molecule has 1 aliphatic carbocycles. The lowest BCUT2D eigenvalue weighted by atomic mass is 9.82. The molecular weight excluding hydrogens is 350 g/mol. The van der Waals surface area contributed by atoms with Gasteiger partial charge in [0.1, 0.15) is 11.6 Å². The second kappa shape index (κ2) is 7.80. The zero-order valence-electron chi connectivity index (χ0n) is 21.8. The minimum absolute atomic E-state index is 0.00414. The smallest absolute Gasteiger partial charge is 0.143 e. The zero-order chi connectivity index (χ0) is 24.7. The van der Waals surface area contributed by atoms with Crippen LogP contribution in [0.25, 0.3) is 22.0 Å². The number of aryl methyl sites for hydroxylation is 1. The molecule has 1 aromatic carbocycles. The van der Waals surface area contributed by atoms with Gasteiger partial charge in [-0.25, -0.2) is 9.97 Å². The van der Waals surface area contributed by atoms with Gasteiger partial charge in [-0.3, -0.25) is 9.48 Å². The van der Waals surface area contributed by atoms with Gasteiger partial charge < -0.3 is 4.90 Å². The molecule has 2 aromatic heterocycles. The highest BCUT2D eigenvalue weighted by atomic mass is 16.1. The number of Topliss-reactive ketones (excluding diaryl/α,β-unsaturated/α-hetero) is 1. The van der Waals surface area contributed by atoms with Crippen LogP contribution < -0.4 is 0 Å². The summed E-state index contributed by atoms with van der Waals surface area (Å²) in [4.78, 5) is 22.5. The van der Waals surface area contributed by atoms with E-state index in [2.05, 4.69) is 15.1 Å². The summed E-state index contributed by atoms with van der Waals surface area (Å²) < 4.78 is 47.4. The van der Waals surface area contributed by atoms with Crippen molar-refractivity contribution >= 4 is 16.7 Å². The summed E-state index contributed by atoms with van der Waals surface area (Å²) in [6, 6.07) is 5.26. The molecule has 146 valence electrons. The highest BCUT2D eigenvalue weighted by Gasteiger charge is 2.27. The van der Waals surface area contributed by atoms with E-state index in [1.165, 1.54) is 0 Å². The average molecular weight is 384 g/mol. The Morgan fingerprint density at radius 2 is 2.04 bits per heavy atom. The minimum atomic E-state index is -2.71. The third kappa shape index (κ3) is 3.97. The average Bonchev–Trinajstić information content (AvgIpc) is 3.18. The number of benzene rings is 1. The van der Waals surface area contributed by atoms with Gasteiger partial charge in [-0.1, -0.05) is 12.1 Å². The number of carbonyl (C=O) groups excluding carboxylic acids is 1. The van der Waals surface area contributed by atoms with Gasteiger partial charge in [0, 0.05) is 50.6 Å². The number of aromatic nitrogens is 4. The first kappa shape index (κ1) is 12.8. The topological polar surface area (TPSA) is 63.9 Å². The number of hydrogen-bond donors (Lipinski definition) is 0. The van der Waals surface area contributed by atoms with Gasteiger partial charge in [0.05, 0.1) is 18.1 Å². The van der Waals surface area contributed by atoms with Crippen molar-refractivity contribution in [3.63, 3.8) is 0 Å². The van der Waals surface area contributed by atoms with Gasteiger partial charge in [0.25, 0.3) is 0 Å². The first-order valence-corrected chi connectivity index (χ1v) is 9.49. The molecule has 1 aliphatic rings. The standard InChI is InChI=1S/C22H27N5O/c1-26(2)19-8-6-15(7-9-19)21(28)11-22-23-12-17-5-4-16(10-20(17)25-22)18-13-24-27(3)14-18/h4-5,10,12-15,19H,6-9,11H2,1-3H3/i1D3,2D3. The highest BCUT2D eigenvalue weighted by Crippen LogP contribution is 2.28. The van der Waals surface area contributed by atoms with Gasteiger partial charge >= 0.3 is 0 Å². The second-order valence-electron chi connectivity index (χ2n) is 7.48. The molecule has 1 fully saturated rings. The molecule has 3 aromatic rings. The van der Waals surface area contributed by atoms with Crippen LogP contribution in [0.15, 0.2) is 36.8 Å². The van der Waals surface area contributed by atoms with Crippen LogP contribution in [0, 0.1) is 5.92 Å². The fourth-order valence-electron chi connectivity index (χ4n) is 3.85. The van der Waals surface area contributed by atoms with Crippen molar-refractivity contribution < 1.29 is 13.0 Å². The van der Waals surface area contributed by atoms with E-state index in [0.29, 0.717) is 36.4 Å². The number of fused-ring (bicyclic) bond motifs is 1. The lowest BCUT2D eigenvalue weighted by molar-refractivity contribution is -0.123. The van der Waals surface area contributed by atoms with Gasteiger partial charge in [0.2, 0.25) is 0 Å². The number of rotatable bonds is 5. The van der Waals surface area contributed by atoms with Gasteiger partial charge in [-0.05, 0) is 51.3 Å². The first-order chi connectivity index (χ1) is 15.9. The Morgan fingerprint density at radius 3 is 2.75 bits per heavy atom. The Hall–Kier alpha value is -2.60. The Morgan fingerprint density at radius 1 is 1.21 bits per heavy atom. The summed E-state index contributed by atoms with van der Waals surface area (Å²) in [5.41, 5.74) is 2.69. The Labute approximate surface area is 174 Å². The highest BCUT2D eigenvalue weighted by molar-refractivity contribution is 5.85. The van der Waals surface area contributed by atoms with Crippen LogP contribution in [0.1, 0.15) is 39.7 Å². The largest absolute Gasteiger partial charge is 0.306 e. The monoisotopic (exact) mass is 383 g/mol. The molecular formula is C22H27N5O. The van der Waals surface area contributed by atoms with Gasteiger partial charge in [-0.15, -0.1) is 0 Å². The van der Waals surface area contributed by atoms with Crippen LogP contribution in [-0.2, 0) is 18.3 Å². The quantitative estimate of drug-likeness (QED) is 0.677. The lowest BCUT2D eigenvalue weighted by Gasteiger charge is -2.31. The second-order valence-corrected chi connectivity index (χ2v) is 7.48. The molecule has 1 saturated carbocycles. The van der Waals surface area contributed by atoms with E-state index in [1.54, 1.807) is 17.1 Å². The van der Waals surface area contributed by atoms with E-state index in [9.17, 15) is 4.79 Å². The Bertz CT molecular complexity index is 1170. The maximum Gasteiger partial charge on any atom is 0.143 e. The molecule has 4 rings (SSSR count). The maximum absolute atomic E-state index is 12.9. The maximum atomic E-state index is 12.9. The van der Waals surface area contributed by atoms with Gasteiger partial charge in [0.15, 0.2) is 0 Å². The summed E-state index contributed by atoms with van der Waals surface area (Å²) in [5, 5.41) is 5.07. The summed E-state index contributed by atoms with van der Waals surface area (Å²) in [6.07, 6.45) is 7.09. The third-order valence-corrected chi connectivity index (χ3v) is 5.52. The summed E-state index contributed by atoms with van der Waals surface area (Å²) >= 11 is 0. The van der Waals surface area contributed by atoms with Gasteiger partial charge in [-0.2, -0.15) is 5.10 Å². The molecule has 0 spiro atoms. The molecule has 0 unspecified atom stereocenters. The molecule has 0 saturated heterocycles. The van der Waals surface area contributed by atoms with Crippen molar-refractivity contribution in [2.75, 3.05) is 14.0 Å². The molecule has 0 radical (unpaired) electrons. The van der Waals surface area contributed by atoms with E-state index >= 15 is 0 Å². The number of nitrogens with zero attached hydrogens (tertiary/aromatic N) is 5. The Kier molecular flexibility index (Phi) is 3.56. The van der Waals surface area contributed by atoms with Crippen LogP contribution in [0.2, 0.25) is 0 Å². The van der Waals surface area contributed by atoms with E-state index in [0.717, 1.165) is 22.0 Å². The summed E-state index contributed by atoms with van der Waals surface area (Å²) in [7, 11) is 1.85. The van der Waals surface area contributed by atoms with Crippen molar-refractivity contribution in [2.24, 2.45) is 13.0 Å². The molecule has 6 nitrogen and oxygen atoms in total. The summed E-state index contributed by atoms with van der Waals surface area (Å²) in [5.74, 6) is 0.178. The number of ketones is 1. The van der Waals surface area contributed by atoms with Crippen molar-refractivity contribution in [3.8, 4) is 11.1 Å². The number of hydrogen-bond acceptors (Lipinski definition) is 5. The zero-order valence-corrected chi connectivity index (χ0v) is 15.8. The van der Waals surface area contributed by atoms with Crippen LogP contribution >= 0.6 is 0 Å². The van der Waals surface area contributed by atoms with Crippen LogP contribution in [-0.4, -0.2) is 50.4 Å². The summed E-state index contributed by atoms with van der Waals surface area (Å²) in [6.45, 7) is -5.42. The Balaban J connectivity index is 1.43. The predicted octanol–water partition coefficient (Wildman–Crippen LogP) is 3.26. The molecule has 0 amide bonds. The molecule has 28 heavy (non-hydrogen) atoms. The molecule has 0 aliphatic heterocycles.